The second-order valence-corrected chi connectivity index (χ2v) is 3.78. The van der Waals surface area contributed by atoms with Crippen LogP contribution in [-0.2, 0) is 23.1 Å². The first-order valence-electron chi connectivity index (χ1n) is 5.21. The fourth-order valence-corrected chi connectivity index (χ4v) is 1.37. The molecule has 0 aliphatic carbocycles. The van der Waals surface area contributed by atoms with Gasteiger partial charge in [-0.05, 0) is 20.0 Å². The Hall–Kier alpha value is -1.43. The number of carbonyl (C=O) groups is 1. The van der Waals surface area contributed by atoms with Gasteiger partial charge in [0.1, 0.15) is 12.2 Å². The van der Waals surface area contributed by atoms with E-state index in [1.807, 2.05) is 18.7 Å². The number of hydrogen-bond acceptors (Lipinski definition) is 5. The molecule has 0 aliphatic heterocycles. The molecule has 0 fully saturated rings. The van der Waals surface area contributed by atoms with E-state index in [4.69, 9.17) is 0 Å². The lowest BCUT2D eigenvalue weighted by Gasteiger charge is -2.15. The predicted molar refractivity (Wildman–Crippen MR) is 58.6 cm³/mol. The Morgan fingerprint density at radius 1 is 1.62 bits per heavy atom. The van der Waals surface area contributed by atoms with Crippen molar-refractivity contribution in [3.8, 4) is 0 Å². The molecule has 16 heavy (non-hydrogen) atoms. The maximum Gasteiger partial charge on any atom is 0.305 e. The number of esters is 1. The zero-order chi connectivity index (χ0) is 12.0. The van der Waals surface area contributed by atoms with Crippen molar-refractivity contribution in [3.63, 3.8) is 0 Å². The Labute approximate surface area is 95.2 Å². The molecule has 0 saturated carbocycles. The molecular formula is C10H18N4O2. The fraction of sp³-hybridized carbons (Fsp3) is 0.700. The number of hydrogen-bond donors (Lipinski definition) is 0. The zero-order valence-electron chi connectivity index (χ0n) is 10.0. The van der Waals surface area contributed by atoms with Gasteiger partial charge in [0.15, 0.2) is 0 Å². The molecule has 0 spiro atoms. The molecule has 0 aromatic carbocycles. The van der Waals surface area contributed by atoms with Crippen LogP contribution in [0.5, 0.6) is 0 Å². The summed E-state index contributed by atoms with van der Waals surface area (Å²) in [6, 6.07) is 0. The molecule has 0 saturated heterocycles. The second kappa shape index (κ2) is 6.22. The van der Waals surface area contributed by atoms with Gasteiger partial charge < -0.3 is 9.30 Å². The minimum absolute atomic E-state index is 0.160. The highest BCUT2D eigenvalue weighted by Crippen LogP contribution is 2.00. The predicted octanol–water partition coefficient (Wildman–Crippen LogP) is 0.200. The summed E-state index contributed by atoms with van der Waals surface area (Å²) >= 11 is 0. The van der Waals surface area contributed by atoms with Gasteiger partial charge in [-0.1, -0.05) is 0 Å². The minimum Gasteiger partial charge on any atom is -0.469 e. The molecule has 1 heterocycles. The number of aryl methyl sites for hydroxylation is 1. The van der Waals surface area contributed by atoms with Gasteiger partial charge >= 0.3 is 5.97 Å². The number of methoxy groups -OCH3 is 1. The molecule has 90 valence electrons. The van der Waals surface area contributed by atoms with E-state index < -0.39 is 0 Å². The Morgan fingerprint density at radius 2 is 2.38 bits per heavy atom. The van der Waals surface area contributed by atoms with Crippen LogP contribution in [0.3, 0.4) is 0 Å². The number of nitrogens with zero attached hydrogens (tertiary/aromatic N) is 4. The standard InChI is InChI=1S/C10H18N4O2/c1-13(6-4-5-10(15)16-3)7-9-12-11-8-14(9)2/h8H,4-7H2,1-3H3. The van der Waals surface area contributed by atoms with Crippen LogP contribution in [0.4, 0.5) is 0 Å². The molecule has 0 atom stereocenters. The fourth-order valence-electron chi connectivity index (χ4n) is 1.37. The summed E-state index contributed by atoms with van der Waals surface area (Å²) in [6.45, 7) is 1.57. The van der Waals surface area contributed by atoms with Crippen LogP contribution in [0.25, 0.3) is 0 Å². The maximum absolute atomic E-state index is 10.9. The Kier molecular flexibility index (Phi) is 4.91. The van der Waals surface area contributed by atoms with Gasteiger partial charge in [0.2, 0.25) is 0 Å². The van der Waals surface area contributed by atoms with Crippen LogP contribution in [-0.4, -0.2) is 46.3 Å². The quantitative estimate of drug-likeness (QED) is 0.648. The Bertz CT molecular complexity index is 337. The van der Waals surface area contributed by atoms with Gasteiger partial charge in [0.25, 0.3) is 0 Å². The summed E-state index contributed by atoms with van der Waals surface area (Å²) < 4.78 is 6.46. The number of rotatable bonds is 6. The van der Waals surface area contributed by atoms with Crippen LogP contribution >= 0.6 is 0 Å². The molecule has 0 amide bonds. The van der Waals surface area contributed by atoms with E-state index in [2.05, 4.69) is 19.8 Å². The van der Waals surface area contributed by atoms with Crippen molar-refractivity contribution in [2.45, 2.75) is 19.4 Å². The summed E-state index contributed by atoms with van der Waals surface area (Å²) in [6.07, 6.45) is 2.93. The van der Waals surface area contributed by atoms with Gasteiger partial charge in [-0.3, -0.25) is 9.69 Å². The van der Waals surface area contributed by atoms with Crippen LogP contribution < -0.4 is 0 Å². The molecule has 0 radical (unpaired) electrons. The summed E-state index contributed by atoms with van der Waals surface area (Å²) in [5.74, 6) is 0.757. The lowest BCUT2D eigenvalue weighted by Crippen LogP contribution is -2.21. The summed E-state index contributed by atoms with van der Waals surface area (Å²) in [5.41, 5.74) is 0. The SMILES string of the molecule is COC(=O)CCCN(C)Cc1nncn1C. The molecule has 1 rings (SSSR count). The second-order valence-electron chi connectivity index (χ2n) is 3.78. The monoisotopic (exact) mass is 226 g/mol. The van der Waals surface area contributed by atoms with Crippen molar-refractivity contribution in [1.29, 1.82) is 0 Å². The third kappa shape index (κ3) is 3.98. The molecule has 1 aromatic heterocycles. The van der Waals surface area contributed by atoms with Gasteiger partial charge in [-0.15, -0.1) is 10.2 Å². The van der Waals surface area contributed by atoms with Crippen molar-refractivity contribution in [2.24, 2.45) is 7.05 Å². The molecule has 1 aromatic rings. The molecular weight excluding hydrogens is 208 g/mol. The highest BCUT2D eigenvalue weighted by atomic mass is 16.5. The van der Waals surface area contributed by atoms with E-state index in [0.29, 0.717) is 6.42 Å². The zero-order valence-corrected chi connectivity index (χ0v) is 10.0. The number of carbonyl (C=O) groups excluding carboxylic acids is 1. The van der Waals surface area contributed by atoms with Crippen LogP contribution in [0.15, 0.2) is 6.33 Å². The first kappa shape index (κ1) is 12.6. The minimum atomic E-state index is -0.160. The molecule has 0 N–H and O–H groups in total. The van der Waals surface area contributed by atoms with Crippen LogP contribution in [0.1, 0.15) is 18.7 Å². The largest absolute Gasteiger partial charge is 0.469 e. The van der Waals surface area contributed by atoms with E-state index in [1.165, 1.54) is 7.11 Å². The Balaban J connectivity index is 2.24. The number of ether oxygens (including phenoxy) is 1. The highest BCUT2D eigenvalue weighted by molar-refractivity contribution is 5.69. The van der Waals surface area contributed by atoms with Gasteiger partial charge in [0.05, 0.1) is 13.7 Å². The van der Waals surface area contributed by atoms with Crippen molar-refractivity contribution in [1.82, 2.24) is 19.7 Å². The van der Waals surface area contributed by atoms with Gasteiger partial charge in [-0.25, -0.2) is 0 Å². The van der Waals surface area contributed by atoms with E-state index in [1.54, 1.807) is 6.33 Å². The summed E-state index contributed by atoms with van der Waals surface area (Å²) in [5, 5.41) is 7.80. The average molecular weight is 226 g/mol. The van der Waals surface area contributed by atoms with Gasteiger partial charge in [-0.2, -0.15) is 0 Å². The van der Waals surface area contributed by atoms with Crippen LogP contribution in [0, 0.1) is 0 Å². The smallest absolute Gasteiger partial charge is 0.305 e. The van der Waals surface area contributed by atoms with E-state index in [9.17, 15) is 4.79 Å². The molecule has 0 aliphatic rings. The van der Waals surface area contributed by atoms with Crippen LogP contribution in [0.2, 0.25) is 0 Å². The molecule has 6 nitrogen and oxygen atoms in total. The van der Waals surface area contributed by atoms with Gasteiger partial charge in [0, 0.05) is 13.5 Å². The highest BCUT2D eigenvalue weighted by Gasteiger charge is 2.06. The molecule has 0 bridgehead atoms. The summed E-state index contributed by atoms with van der Waals surface area (Å²) in [4.78, 5) is 13.0. The molecule has 6 heteroatoms. The van der Waals surface area contributed by atoms with Crippen molar-refractivity contribution in [2.75, 3.05) is 20.7 Å². The topological polar surface area (TPSA) is 60.2 Å². The third-order valence-corrected chi connectivity index (χ3v) is 2.36. The van der Waals surface area contributed by atoms with Crippen molar-refractivity contribution < 1.29 is 9.53 Å². The van der Waals surface area contributed by atoms with Crippen molar-refractivity contribution >= 4 is 5.97 Å². The number of aromatic nitrogens is 3. The first-order valence-corrected chi connectivity index (χ1v) is 5.21. The average Bonchev–Trinajstić information content (AvgIpc) is 2.64. The lowest BCUT2D eigenvalue weighted by molar-refractivity contribution is -0.140. The molecule has 0 unspecified atom stereocenters. The van der Waals surface area contributed by atoms with E-state index in [-0.39, 0.29) is 5.97 Å². The first-order chi connectivity index (χ1) is 7.63. The lowest BCUT2D eigenvalue weighted by atomic mass is 10.3. The normalized spacial score (nSPS) is 10.8. The van der Waals surface area contributed by atoms with E-state index >= 15 is 0 Å². The summed E-state index contributed by atoms with van der Waals surface area (Å²) in [7, 11) is 5.31. The maximum atomic E-state index is 10.9. The van der Waals surface area contributed by atoms with Crippen molar-refractivity contribution in [3.05, 3.63) is 12.2 Å². The van der Waals surface area contributed by atoms with E-state index in [0.717, 1.165) is 25.3 Å². The Morgan fingerprint density at radius 3 is 2.94 bits per heavy atom. The third-order valence-electron chi connectivity index (χ3n) is 2.36.